The highest BCUT2D eigenvalue weighted by molar-refractivity contribution is 7.90. The van der Waals surface area contributed by atoms with Crippen LogP contribution in [0.3, 0.4) is 0 Å². The van der Waals surface area contributed by atoms with Crippen molar-refractivity contribution in [3.63, 3.8) is 0 Å². The SMILES string of the molecule is CS(=O)(=O)c1ccc(-c2ccc3c(n2)N(Cc2cccs2)C(=O)C3)cc1. The van der Waals surface area contributed by atoms with Gasteiger partial charge < -0.3 is 0 Å². The van der Waals surface area contributed by atoms with Crippen molar-refractivity contribution in [1.82, 2.24) is 4.98 Å². The molecule has 5 nitrogen and oxygen atoms in total. The summed E-state index contributed by atoms with van der Waals surface area (Å²) in [5, 5.41) is 1.99. The maximum Gasteiger partial charge on any atom is 0.233 e. The molecular weight excluding hydrogens is 368 g/mol. The number of anilines is 1. The van der Waals surface area contributed by atoms with E-state index < -0.39 is 9.84 Å². The first-order chi connectivity index (χ1) is 12.4. The summed E-state index contributed by atoms with van der Waals surface area (Å²) in [6.07, 6.45) is 1.55. The number of rotatable bonds is 4. The summed E-state index contributed by atoms with van der Waals surface area (Å²) >= 11 is 1.61. The van der Waals surface area contributed by atoms with E-state index in [4.69, 9.17) is 0 Å². The highest BCUT2D eigenvalue weighted by Crippen LogP contribution is 2.32. The van der Waals surface area contributed by atoms with Gasteiger partial charge in [0.05, 0.1) is 23.6 Å². The van der Waals surface area contributed by atoms with Crippen LogP contribution in [0, 0.1) is 0 Å². The van der Waals surface area contributed by atoms with Crippen molar-refractivity contribution < 1.29 is 13.2 Å². The molecule has 1 aliphatic heterocycles. The Morgan fingerprint density at radius 2 is 1.88 bits per heavy atom. The van der Waals surface area contributed by atoms with Crippen LogP contribution in [0.4, 0.5) is 5.82 Å². The standard InChI is InChI=1S/C19H16N2O3S2/c1-26(23,24)16-7-4-13(5-8-16)17-9-6-14-11-18(22)21(19(14)20-17)12-15-3-2-10-25-15/h2-10H,11-12H2,1H3. The molecule has 3 heterocycles. The normalized spacial score (nSPS) is 13.9. The third-order valence-corrected chi connectivity index (χ3v) is 6.32. The number of amides is 1. The number of nitrogens with zero attached hydrogens (tertiary/aromatic N) is 2. The van der Waals surface area contributed by atoms with Gasteiger partial charge in [-0.1, -0.05) is 24.3 Å². The molecule has 0 spiro atoms. The zero-order valence-electron chi connectivity index (χ0n) is 14.0. The van der Waals surface area contributed by atoms with E-state index in [0.29, 0.717) is 18.8 Å². The van der Waals surface area contributed by atoms with Crippen LogP contribution in [0.5, 0.6) is 0 Å². The lowest BCUT2D eigenvalue weighted by Gasteiger charge is -2.16. The Morgan fingerprint density at radius 3 is 2.54 bits per heavy atom. The van der Waals surface area contributed by atoms with Crippen LogP contribution in [0.1, 0.15) is 10.4 Å². The first kappa shape index (κ1) is 16.9. The molecule has 0 N–H and O–H groups in total. The monoisotopic (exact) mass is 384 g/mol. The lowest BCUT2D eigenvalue weighted by molar-refractivity contribution is -0.117. The van der Waals surface area contributed by atoms with Gasteiger partial charge in [-0.15, -0.1) is 11.3 Å². The number of carbonyl (C=O) groups is 1. The molecule has 0 saturated heterocycles. The zero-order valence-corrected chi connectivity index (χ0v) is 15.7. The van der Waals surface area contributed by atoms with Gasteiger partial charge in [-0.25, -0.2) is 13.4 Å². The minimum atomic E-state index is -3.23. The summed E-state index contributed by atoms with van der Waals surface area (Å²) < 4.78 is 23.2. The van der Waals surface area contributed by atoms with E-state index in [9.17, 15) is 13.2 Å². The van der Waals surface area contributed by atoms with Crippen LogP contribution in [0.2, 0.25) is 0 Å². The largest absolute Gasteiger partial charge is 0.291 e. The molecule has 3 aromatic rings. The summed E-state index contributed by atoms with van der Waals surface area (Å²) in [5.41, 5.74) is 2.45. The lowest BCUT2D eigenvalue weighted by atomic mass is 10.1. The third kappa shape index (κ3) is 3.15. The molecule has 0 radical (unpaired) electrons. The van der Waals surface area contributed by atoms with Crippen LogP contribution in [-0.2, 0) is 27.6 Å². The number of pyridine rings is 1. The predicted octanol–water partition coefficient (Wildman–Crippen LogP) is 3.30. The molecule has 0 fully saturated rings. The van der Waals surface area contributed by atoms with Gasteiger partial charge in [-0.05, 0) is 29.6 Å². The van der Waals surface area contributed by atoms with Crippen LogP contribution in [0.15, 0.2) is 58.8 Å². The Hall–Kier alpha value is -2.51. The van der Waals surface area contributed by atoms with Gasteiger partial charge >= 0.3 is 0 Å². The Balaban J connectivity index is 1.68. The molecule has 4 rings (SSSR count). The average molecular weight is 384 g/mol. The minimum absolute atomic E-state index is 0.0467. The topological polar surface area (TPSA) is 67.3 Å². The van der Waals surface area contributed by atoms with E-state index >= 15 is 0 Å². The van der Waals surface area contributed by atoms with Crippen molar-refractivity contribution in [2.75, 3.05) is 11.2 Å². The average Bonchev–Trinajstić information content (AvgIpc) is 3.23. The molecular formula is C19H16N2O3S2. The molecule has 0 bridgehead atoms. The number of thiophene rings is 1. The van der Waals surface area contributed by atoms with Gasteiger partial charge in [-0.3, -0.25) is 9.69 Å². The quantitative estimate of drug-likeness (QED) is 0.692. The maximum absolute atomic E-state index is 12.4. The Kier molecular flexibility index (Phi) is 4.13. The Labute approximate surface area is 155 Å². The van der Waals surface area contributed by atoms with Crippen LogP contribution < -0.4 is 4.90 Å². The predicted molar refractivity (Wildman–Crippen MR) is 102 cm³/mol. The van der Waals surface area contributed by atoms with Crippen molar-refractivity contribution in [3.8, 4) is 11.3 Å². The van der Waals surface area contributed by atoms with E-state index in [1.807, 2.05) is 29.6 Å². The summed E-state index contributed by atoms with van der Waals surface area (Å²) in [7, 11) is -3.23. The molecule has 1 aliphatic rings. The van der Waals surface area contributed by atoms with Crippen LogP contribution in [0.25, 0.3) is 11.3 Å². The van der Waals surface area contributed by atoms with Crippen molar-refractivity contribution in [2.24, 2.45) is 0 Å². The number of fused-ring (bicyclic) bond motifs is 1. The number of benzene rings is 1. The minimum Gasteiger partial charge on any atom is -0.291 e. The third-order valence-electron chi connectivity index (χ3n) is 4.33. The van der Waals surface area contributed by atoms with Gasteiger partial charge in [0, 0.05) is 22.3 Å². The highest BCUT2D eigenvalue weighted by atomic mass is 32.2. The van der Waals surface area contributed by atoms with Crippen LogP contribution >= 0.6 is 11.3 Å². The molecule has 0 aliphatic carbocycles. The van der Waals surface area contributed by atoms with Gasteiger partial charge in [-0.2, -0.15) is 0 Å². The second-order valence-corrected chi connectivity index (χ2v) is 9.26. The lowest BCUT2D eigenvalue weighted by Crippen LogP contribution is -2.26. The smallest absolute Gasteiger partial charge is 0.233 e. The zero-order chi connectivity index (χ0) is 18.3. The summed E-state index contributed by atoms with van der Waals surface area (Å²) in [6.45, 7) is 0.521. The number of hydrogen-bond acceptors (Lipinski definition) is 5. The van der Waals surface area contributed by atoms with Crippen molar-refractivity contribution in [3.05, 3.63) is 64.4 Å². The molecule has 0 unspecified atom stereocenters. The van der Waals surface area contributed by atoms with E-state index in [2.05, 4.69) is 4.98 Å². The van der Waals surface area contributed by atoms with Gasteiger partial charge in [0.25, 0.3) is 0 Å². The fourth-order valence-corrected chi connectivity index (χ4v) is 4.30. The van der Waals surface area contributed by atoms with E-state index in [-0.39, 0.29) is 10.8 Å². The molecule has 7 heteroatoms. The van der Waals surface area contributed by atoms with Gasteiger partial charge in [0.2, 0.25) is 5.91 Å². The maximum atomic E-state index is 12.4. The second kappa shape index (κ2) is 6.34. The van der Waals surface area contributed by atoms with E-state index in [1.165, 1.54) is 6.26 Å². The van der Waals surface area contributed by atoms with Crippen molar-refractivity contribution in [1.29, 1.82) is 0 Å². The summed E-state index contributed by atoms with van der Waals surface area (Å²) in [4.78, 5) is 20.2. The van der Waals surface area contributed by atoms with Crippen molar-refractivity contribution >= 4 is 32.9 Å². The first-order valence-electron chi connectivity index (χ1n) is 8.05. The van der Waals surface area contributed by atoms with Crippen LogP contribution in [-0.4, -0.2) is 25.6 Å². The number of hydrogen-bond donors (Lipinski definition) is 0. The second-order valence-electron chi connectivity index (χ2n) is 6.21. The molecule has 1 aromatic carbocycles. The van der Waals surface area contributed by atoms with Gasteiger partial charge in [0.1, 0.15) is 5.82 Å². The molecule has 2 aromatic heterocycles. The van der Waals surface area contributed by atoms with E-state index in [0.717, 1.165) is 21.7 Å². The van der Waals surface area contributed by atoms with E-state index in [1.54, 1.807) is 40.5 Å². The van der Waals surface area contributed by atoms with Gasteiger partial charge in [0.15, 0.2) is 9.84 Å². The molecule has 132 valence electrons. The highest BCUT2D eigenvalue weighted by Gasteiger charge is 2.29. The molecule has 0 atom stereocenters. The fraction of sp³-hybridized carbons (Fsp3) is 0.158. The first-order valence-corrected chi connectivity index (χ1v) is 10.8. The number of aromatic nitrogens is 1. The fourth-order valence-electron chi connectivity index (χ4n) is 2.98. The molecule has 0 saturated carbocycles. The Bertz CT molecular complexity index is 1070. The molecule has 26 heavy (non-hydrogen) atoms. The van der Waals surface area contributed by atoms with Crippen molar-refractivity contribution in [2.45, 2.75) is 17.9 Å². The summed E-state index contributed by atoms with van der Waals surface area (Å²) in [6, 6.07) is 14.4. The summed E-state index contributed by atoms with van der Waals surface area (Å²) in [5.74, 6) is 0.735. The Morgan fingerprint density at radius 1 is 1.12 bits per heavy atom. The molecule has 1 amide bonds. The number of carbonyl (C=O) groups excluding carboxylic acids is 1. The number of sulfone groups is 1.